The lowest BCUT2D eigenvalue weighted by Crippen LogP contribution is -2.54. The number of hydrogen-bond donors (Lipinski definition) is 3. The molecule has 3 N–H and O–H groups in total. The maximum absolute atomic E-state index is 14.4. The number of ether oxygens (including phenoxy) is 1. The summed E-state index contributed by atoms with van der Waals surface area (Å²) in [6.07, 6.45) is 9.31. The smallest absolute Gasteiger partial charge is 0.255 e. The van der Waals surface area contributed by atoms with Gasteiger partial charge in [-0.25, -0.2) is 5.53 Å². The summed E-state index contributed by atoms with van der Waals surface area (Å²) < 4.78 is 11.7. The van der Waals surface area contributed by atoms with Gasteiger partial charge in [0, 0.05) is 39.2 Å². The average molecular weight is 713 g/mol. The Hall–Kier alpha value is -5.07. The van der Waals surface area contributed by atoms with Crippen LogP contribution in [0.1, 0.15) is 98.9 Å². The average Bonchev–Trinajstić information content (AvgIpc) is 3.84. The lowest BCUT2D eigenvalue weighted by atomic mass is 10.0. The van der Waals surface area contributed by atoms with Crippen LogP contribution in [0.4, 0.5) is 0 Å². The van der Waals surface area contributed by atoms with Crippen molar-refractivity contribution in [1.82, 2.24) is 30.6 Å². The Morgan fingerprint density at radius 3 is 2.50 bits per heavy atom. The van der Waals surface area contributed by atoms with Crippen molar-refractivity contribution in [2.24, 2.45) is 11.0 Å². The quantitative estimate of drug-likeness (QED) is 0.271. The fraction of sp³-hybridized carbons (Fsp3) is 0.513. The molecule has 0 aliphatic carbocycles. The van der Waals surface area contributed by atoms with Crippen LogP contribution in [0, 0.1) is 11.4 Å². The number of aromatic nitrogens is 2. The lowest BCUT2D eigenvalue weighted by Gasteiger charge is -2.34. The molecule has 2 aliphatic heterocycles. The summed E-state index contributed by atoms with van der Waals surface area (Å²) in [5.41, 5.74) is 9.28. The highest BCUT2D eigenvalue weighted by atomic mass is 16.5. The molecule has 278 valence electrons. The highest BCUT2D eigenvalue weighted by Gasteiger charge is 2.41. The Morgan fingerprint density at radius 2 is 1.71 bits per heavy atom. The number of nitrogens with one attached hydrogen (secondary N) is 3. The summed E-state index contributed by atoms with van der Waals surface area (Å²) in [5.74, 6) is 0.428. The van der Waals surface area contributed by atoms with E-state index in [4.69, 9.17) is 19.8 Å². The summed E-state index contributed by atoms with van der Waals surface area (Å²) in [6, 6.07) is 14.7. The van der Waals surface area contributed by atoms with Crippen molar-refractivity contribution in [3.63, 3.8) is 0 Å². The fourth-order valence-electron chi connectivity index (χ4n) is 6.81. The van der Waals surface area contributed by atoms with E-state index in [1.54, 1.807) is 47.3 Å². The van der Waals surface area contributed by atoms with Gasteiger partial charge in [-0.15, -0.1) is 0 Å². The van der Waals surface area contributed by atoms with Crippen LogP contribution in [-0.2, 0) is 22.4 Å². The molecule has 3 heterocycles. The van der Waals surface area contributed by atoms with Crippen LogP contribution in [0.25, 0.3) is 0 Å². The van der Waals surface area contributed by atoms with Crippen LogP contribution in [0.5, 0.6) is 5.75 Å². The Balaban J connectivity index is 1.43. The molecule has 13 nitrogen and oxygen atoms in total. The first-order chi connectivity index (χ1) is 25.2. The largest absolute Gasteiger partial charge is 0.486 e. The monoisotopic (exact) mass is 712 g/mol. The summed E-state index contributed by atoms with van der Waals surface area (Å²) in [6.45, 7) is 5.10. The van der Waals surface area contributed by atoms with E-state index < -0.39 is 24.0 Å². The minimum Gasteiger partial charge on any atom is -0.486 e. The zero-order valence-corrected chi connectivity index (χ0v) is 30.6. The number of rotatable bonds is 5. The van der Waals surface area contributed by atoms with Gasteiger partial charge in [0.05, 0.1) is 11.6 Å². The number of hydrogen-bond acceptors (Lipinski definition) is 10. The molecule has 1 aromatic heterocycles. The van der Waals surface area contributed by atoms with Crippen LogP contribution >= 0.6 is 0 Å². The van der Waals surface area contributed by atoms with Crippen molar-refractivity contribution in [3.05, 3.63) is 89.3 Å². The minimum atomic E-state index is -0.861. The van der Waals surface area contributed by atoms with Gasteiger partial charge in [-0.3, -0.25) is 14.4 Å². The fourth-order valence-corrected chi connectivity index (χ4v) is 6.81. The van der Waals surface area contributed by atoms with E-state index in [0.717, 1.165) is 44.2 Å². The van der Waals surface area contributed by atoms with Crippen LogP contribution in [0.2, 0.25) is 0 Å². The molecule has 13 heteroatoms. The summed E-state index contributed by atoms with van der Waals surface area (Å²) in [5, 5.41) is 14.1. The Labute approximate surface area is 306 Å². The number of nitrogens with zero attached hydrogens (tertiary/aromatic N) is 5. The van der Waals surface area contributed by atoms with Crippen molar-refractivity contribution in [2.75, 3.05) is 26.7 Å². The first kappa shape index (κ1) is 38.2. The van der Waals surface area contributed by atoms with E-state index in [1.807, 2.05) is 44.2 Å². The van der Waals surface area contributed by atoms with Gasteiger partial charge < -0.3 is 29.7 Å². The molecule has 52 heavy (non-hydrogen) atoms. The molecule has 2 bridgehead atoms. The second kappa shape index (κ2) is 19.0. The zero-order chi connectivity index (χ0) is 36.9. The molecule has 1 fully saturated rings. The minimum absolute atomic E-state index is 0.0110. The van der Waals surface area contributed by atoms with E-state index in [-0.39, 0.29) is 29.9 Å². The predicted octanol–water partition coefficient (Wildman–Crippen LogP) is 5.99. The number of carbonyl (C=O) groups excluding carboxylic acids is 3. The maximum atomic E-state index is 14.4. The molecule has 1 saturated heterocycles. The molecular formula is C39H52N8O5. The molecule has 3 aromatic rings. The second-order valence-electron chi connectivity index (χ2n) is 14.1. The Morgan fingerprint density at radius 1 is 0.962 bits per heavy atom. The lowest BCUT2D eigenvalue weighted by molar-refractivity contribution is -0.145. The van der Waals surface area contributed by atoms with Gasteiger partial charge in [0.15, 0.2) is 5.82 Å². The van der Waals surface area contributed by atoms with E-state index in [1.165, 1.54) is 0 Å². The summed E-state index contributed by atoms with van der Waals surface area (Å²) in [4.78, 5) is 50.5. The van der Waals surface area contributed by atoms with Gasteiger partial charge in [-0.1, -0.05) is 80.7 Å². The zero-order valence-electron chi connectivity index (χ0n) is 30.6. The third-order valence-corrected chi connectivity index (χ3v) is 9.63. The van der Waals surface area contributed by atoms with Crippen molar-refractivity contribution >= 4 is 17.7 Å². The molecule has 3 atom stereocenters. The van der Waals surface area contributed by atoms with Crippen molar-refractivity contribution in [1.29, 1.82) is 5.53 Å². The summed E-state index contributed by atoms with van der Waals surface area (Å²) in [7, 11) is 1.75. The molecule has 0 spiro atoms. The number of aryl methyl sites for hydroxylation is 1. The first-order valence-electron chi connectivity index (χ1n) is 18.5. The van der Waals surface area contributed by atoms with Gasteiger partial charge in [-0.05, 0) is 55.7 Å². The van der Waals surface area contributed by atoms with Crippen LogP contribution in [-0.4, -0.2) is 76.5 Å². The molecule has 2 aliphatic rings. The highest BCUT2D eigenvalue weighted by Crippen LogP contribution is 2.28. The number of likely N-dealkylation sites (N-methyl/N-ethyl adjacent to an activating group) is 1. The third-order valence-electron chi connectivity index (χ3n) is 9.63. The molecule has 0 radical (unpaired) electrons. The second-order valence-corrected chi connectivity index (χ2v) is 14.1. The Kier molecular flexibility index (Phi) is 13.9. The number of benzene rings is 2. The number of amides is 3. The highest BCUT2D eigenvalue weighted by molar-refractivity contribution is 6.00. The van der Waals surface area contributed by atoms with Crippen LogP contribution < -0.4 is 15.4 Å². The molecule has 2 aromatic carbocycles. The van der Waals surface area contributed by atoms with Crippen molar-refractivity contribution in [2.45, 2.75) is 96.2 Å². The molecule has 3 amide bonds. The van der Waals surface area contributed by atoms with Crippen LogP contribution in [0.15, 0.2) is 76.1 Å². The number of fused-ring (bicyclic) bond motifs is 4. The normalized spacial score (nSPS) is 22.7. The third kappa shape index (κ3) is 10.3. The SMILES string of the molecule is CC(C)C[C@H]1NC(=O)c2ccccc2OC/C(N=N)=C/NCCCCCCCc2nc(no2)[C@H](Cc2ccccc2)N(C)C(=O)[C@H]2CCCN2C1=O. The molecular weight excluding hydrogens is 660 g/mol. The molecule has 0 unspecified atom stereocenters. The molecule has 5 rings (SSSR count). The number of carbonyl (C=O) groups is 3. The topological polar surface area (TPSA) is 166 Å². The molecule has 0 saturated carbocycles. The standard InChI is InChI=1S/C39H52N8O5/c1-27(2)23-31-38(49)47-22-14-18-32(47)39(50)46(3)33(24-28-15-8-7-9-16-28)36-43-35(52-45-36)20-10-5-4-6-13-21-41-25-29(44-40)26-51-34-19-12-11-17-30(34)37(48)42-31/h7-9,11-12,15-17,19,25,27,31-33,40-41H,4-6,10,13-14,18,20-24,26H2,1-3H3,(H,42,48)/b29-25-,44-40?/t31-,32-,33+/m1/s1. The summed E-state index contributed by atoms with van der Waals surface area (Å²) >= 11 is 0. The van der Waals surface area contributed by atoms with Gasteiger partial charge in [0.1, 0.15) is 30.1 Å². The van der Waals surface area contributed by atoms with E-state index in [9.17, 15) is 14.4 Å². The maximum Gasteiger partial charge on any atom is 0.255 e. The van der Waals surface area contributed by atoms with Gasteiger partial charge in [0.2, 0.25) is 17.7 Å². The van der Waals surface area contributed by atoms with Gasteiger partial charge >= 0.3 is 0 Å². The van der Waals surface area contributed by atoms with Crippen LogP contribution in [0.3, 0.4) is 0 Å². The van der Waals surface area contributed by atoms with E-state index >= 15 is 0 Å². The van der Waals surface area contributed by atoms with Crippen molar-refractivity contribution < 1.29 is 23.6 Å². The Bertz CT molecular complexity index is 1680. The van der Waals surface area contributed by atoms with Gasteiger partial charge in [0.25, 0.3) is 5.91 Å². The number of para-hydroxylation sites is 1. The first-order valence-corrected chi connectivity index (χ1v) is 18.5. The van der Waals surface area contributed by atoms with E-state index in [2.05, 4.69) is 20.9 Å². The van der Waals surface area contributed by atoms with E-state index in [0.29, 0.717) is 61.8 Å². The predicted molar refractivity (Wildman–Crippen MR) is 195 cm³/mol. The van der Waals surface area contributed by atoms with Crippen molar-refractivity contribution in [3.8, 4) is 5.75 Å². The van der Waals surface area contributed by atoms with Gasteiger partial charge in [-0.2, -0.15) is 10.1 Å².